The predicted molar refractivity (Wildman–Crippen MR) is 91.7 cm³/mol. The average molecular weight is 312 g/mol. The summed E-state index contributed by atoms with van der Waals surface area (Å²) >= 11 is 0. The molecule has 0 fully saturated rings. The fourth-order valence-corrected chi connectivity index (χ4v) is 3.00. The SMILES string of the molecule is CCCCNC(=O)c1c(CC)nn2c1N[C@H](c1ccccc1)C2. The molecule has 0 aliphatic carbocycles. The summed E-state index contributed by atoms with van der Waals surface area (Å²) in [6.45, 7) is 5.63. The number of nitrogens with one attached hydrogen (secondary N) is 2. The monoisotopic (exact) mass is 312 g/mol. The van der Waals surface area contributed by atoms with Gasteiger partial charge >= 0.3 is 0 Å². The third-order valence-corrected chi connectivity index (χ3v) is 4.27. The molecule has 0 radical (unpaired) electrons. The summed E-state index contributed by atoms with van der Waals surface area (Å²) in [5, 5.41) is 11.1. The van der Waals surface area contributed by atoms with Crippen molar-refractivity contribution in [1.29, 1.82) is 0 Å². The lowest BCUT2D eigenvalue weighted by Crippen LogP contribution is -2.25. The number of amides is 1. The molecule has 1 aliphatic rings. The van der Waals surface area contributed by atoms with Gasteiger partial charge in [-0.1, -0.05) is 50.6 Å². The maximum absolute atomic E-state index is 12.6. The molecule has 23 heavy (non-hydrogen) atoms. The van der Waals surface area contributed by atoms with Gasteiger partial charge in [0.2, 0.25) is 0 Å². The zero-order valence-electron chi connectivity index (χ0n) is 13.8. The lowest BCUT2D eigenvalue weighted by molar-refractivity contribution is 0.0953. The maximum Gasteiger partial charge on any atom is 0.256 e. The first-order chi connectivity index (χ1) is 11.2. The summed E-state index contributed by atoms with van der Waals surface area (Å²) in [5.41, 5.74) is 2.79. The summed E-state index contributed by atoms with van der Waals surface area (Å²) < 4.78 is 1.94. The second kappa shape index (κ2) is 6.86. The van der Waals surface area contributed by atoms with Crippen LogP contribution in [0.15, 0.2) is 30.3 Å². The Bertz CT molecular complexity index is 678. The van der Waals surface area contributed by atoms with Crippen LogP contribution in [0.4, 0.5) is 5.82 Å². The first-order valence-electron chi connectivity index (χ1n) is 8.44. The molecule has 0 unspecified atom stereocenters. The summed E-state index contributed by atoms with van der Waals surface area (Å²) in [4.78, 5) is 12.6. The van der Waals surface area contributed by atoms with Gasteiger partial charge in [-0.05, 0) is 18.4 Å². The minimum Gasteiger partial charge on any atom is -0.361 e. The number of nitrogens with zero attached hydrogens (tertiary/aromatic N) is 2. The molecule has 1 aromatic carbocycles. The van der Waals surface area contributed by atoms with E-state index in [1.54, 1.807) is 0 Å². The van der Waals surface area contributed by atoms with Gasteiger partial charge in [-0.15, -0.1) is 0 Å². The zero-order chi connectivity index (χ0) is 16.2. The molecule has 0 saturated carbocycles. The van der Waals surface area contributed by atoms with Crippen LogP contribution in [0.25, 0.3) is 0 Å². The van der Waals surface area contributed by atoms with Crippen LogP contribution < -0.4 is 10.6 Å². The number of fused-ring (bicyclic) bond motifs is 1. The van der Waals surface area contributed by atoms with E-state index in [2.05, 4.69) is 34.8 Å². The van der Waals surface area contributed by atoms with E-state index >= 15 is 0 Å². The van der Waals surface area contributed by atoms with Crippen molar-refractivity contribution in [2.45, 2.75) is 45.7 Å². The lowest BCUT2D eigenvalue weighted by atomic mass is 10.1. The Kier molecular flexibility index (Phi) is 4.65. The van der Waals surface area contributed by atoms with Gasteiger partial charge in [0, 0.05) is 6.54 Å². The van der Waals surface area contributed by atoms with Crippen molar-refractivity contribution in [2.24, 2.45) is 0 Å². The molecule has 0 spiro atoms. The highest BCUT2D eigenvalue weighted by atomic mass is 16.1. The smallest absolute Gasteiger partial charge is 0.256 e. The normalized spacial score (nSPS) is 16.0. The summed E-state index contributed by atoms with van der Waals surface area (Å²) in [6, 6.07) is 10.5. The van der Waals surface area contributed by atoms with Crippen molar-refractivity contribution >= 4 is 11.7 Å². The van der Waals surface area contributed by atoms with Crippen LogP contribution >= 0.6 is 0 Å². The largest absolute Gasteiger partial charge is 0.361 e. The van der Waals surface area contributed by atoms with Gasteiger partial charge < -0.3 is 10.6 Å². The second-order valence-corrected chi connectivity index (χ2v) is 5.92. The van der Waals surface area contributed by atoms with Crippen molar-refractivity contribution in [1.82, 2.24) is 15.1 Å². The Morgan fingerprint density at radius 3 is 2.83 bits per heavy atom. The van der Waals surface area contributed by atoms with Crippen LogP contribution in [0.1, 0.15) is 54.3 Å². The van der Waals surface area contributed by atoms with E-state index in [1.807, 2.05) is 29.8 Å². The number of anilines is 1. The van der Waals surface area contributed by atoms with Crippen molar-refractivity contribution in [2.75, 3.05) is 11.9 Å². The van der Waals surface area contributed by atoms with Crippen molar-refractivity contribution in [3.63, 3.8) is 0 Å². The third kappa shape index (κ3) is 3.09. The van der Waals surface area contributed by atoms with Crippen LogP contribution in [0.5, 0.6) is 0 Å². The molecule has 2 heterocycles. The van der Waals surface area contributed by atoms with Crippen LogP contribution in [0, 0.1) is 0 Å². The topological polar surface area (TPSA) is 59.0 Å². The first kappa shape index (κ1) is 15.6. The molecule has 0 saturated heterocycles. The number of benzene rings is 1. The number of unbranched alkanes of at least 4 members (excludes halogenated alkanes) is 1. The number of hydrogen-bond acceptors (Lipinski definition) is 3. The molecule has 3 rings (SSSR count). The number of carbonyl (C=O) groups is 1. The first-order valence-corrected chi connectivity index (χ1v) is 8.44. The molecule has 2 aromatic rings. The molecular formula is C18H24N4O. The maximum atomic E-state index is 12.6. The number of hydrogen-bond donors (Lipinski definition) is 2. The number of aromatic nitrogens is 2. The van der Waals surface area contributed by atoms with E-state index in [-0.39, 0.29) is 11.9 Å². The van der Waals surface area contributed by atoms with E-state index in [1.165, 1.54) is 5.56 Å². The summed E-state index contributed by atoms with van der Waals surface area (Å²) in [5.74, 6) is 0.836. The second-order valence-electron chi connectivity index (χ2n) is 5.92. The molecule has 0 bridgehead atoms. The fraction of sp³-hybridized carbons (Fsp3) is 0.444. The van der Waals surface area contributed by atoms with E-state index in [9.17, 15) is 4.79 Å². The van der Waals surface area contributed by atoms with Gasteiger partial charge in [-0.25, -0.2) is 4.68 Å². The Balaban J connectivity index is 1.82. The molecule has 5 nitrogen and oxygen atoms in total. The minimum atomic E-state index is -0.0160. The number of rotatable bonds is 6. The van der Waals surface area contributed by atoms with Crippen molar-refractivity contribution in [3.8, 4) is 0 Å². The van der Waals surface area contributed by atoms with E-state index in [0.717, 1.165) is 37.3 Å². The summed E-state index contributed by atoms with van der Waals surface area (Å²) in [6.07, 6.45) is 2.83. The quantitative estimate of drug-likeness (QED) is 0.806. The Morgan fingerprint density at radius 2 is 2.13 bits per heavy atom. The molecule has 5 heteroatoms. The highest BCUT2D eigenvalue weighted by Gasteiger charge is 2.30. The van der Waals surface area contributed by atoms with E-state index in [0.29, 0.717) is 12.1 Å². The van der Waals surface area contributed by atoms with Gasteiger partial charge in [0.1, 0.15) is 11.4 Å². The van der Waals surface area contributed by atoms with Gasteiger partial charge in [-0.2, -0.15) is 5.10 Å². The number of carbonyl (C=O) groups excluding carboxylic acids is 1. The van der Waals surface area contributed by atoms with Crippen molar-refractivity contribution < 1.29 is 4.79 Å². The fourth-order valence-electron chi connectivity index (χ4n) is 3.00. The standard InChI is InChI=1S/C18H24N4O/c1-3-5-11-19-18(23)16-14(4-2)21-22-12-15(20-17(16)22)13-9-7-6-8-10-13/h6-10,15,20H,3-5,11-12H2,1-2H3,(H,19,23)/t15-/m0/s1. The van der Waals surface area contributed by atoms with Crippen LogP contribution in [0.2, 0.25) is 0 Å². The third-order valence-electron chi connectivity index (χ3n) is 4.27. The molecule has 1 amide bonds. The zero-order valence-corrected chi connectivity index (χ0v) is 13.8. The van der Waals surface area contributed by atoms with Gasteiger partial charge in [-0.3, -0.25) is 4.79 Å². The lowest BCUT2D eigenvalue weighted by Gasteiger charge is -2.12. The molecule has 1 aliphatic heterocycles. The minimum absolute atomic E-state index is 0.0160. The van der Waals surface area contributed by atoms with Gasteiger partial charge in [0.25, 0.3) is 5.91 Å². The van der Waals surface area contributed by atoms with Crippen molar-refractivity contribution in [3.05, 3.63) is 47.2 Å². The van der Waals surface area contributed by atoms with Gasteiger partial charge in [0.05, 0.1) is 18.3 Å². The average Bonchev–Trinajstić information content (AvgIpc) is 3.12. The Morgan fingerprint density at radius 1 is 1.35 bits per heavy atom. The number of aryl methyl sites for hydroxylation is 1. The highest BCUT2D eigenvalue weighted by molar-refractivity contribution is 6.00. The molecule has 1 atom stereocenters. The molecular weight excluding hydrogens is 288 g/mol. The molecule has 122 valence electrons. The summed E-state index contributed by atoms with van der Waals surface area (Å²) in [7, 11) is 0. The highest BCUT2D eigenvalue weighted by Crippen LogP contribution is 2.33. The Hall–Kier alpha value is -2.30. The Labute approximate surface area is 137 Å². The van der Waals surface area contributed by atoms with Crippen LogP contribution in [0.3, 0.4) is 0 Å². The van der Waals surface area contributed by atoms with E-state index in [4.69, 9.17) is 0 Å². The molecule has 2 N–H and O–H groups in total. The van der Waals surface area contributed by atoms with Crippen LogP contribution in [-0.4, -0.2) is 22.2 Å². The van der Waals surface area contributed by atoms with Gasteiger partial charge in [0.15, 0.2) is 0 Å². The molecule has 1 aromatic heterocycles. The predicted octanol–water partition coefficient (Wildman–Crippen LogP) is 3.14. The van der Waals surface area contributed by atoms with Crippen LogP contribution in [-0.2, 0) is 13.0 Å². The van der Waals surface area contributed by atoms with E-state index < -0.39 is 0 Å².